The van der Waals surface area contributed by atoms with Crippen LogP contribution in [-0.2, 0) is 4.79 Å². The zero-order chi connectivity index (χ0) is 17.9. The lowest BCUT2D eigenvalue weighted by molar-refractivity contribution is -0.114. The van der Waals surface area contributed by atoms with Crippen molar-refractivity contribution >= 4 is 17.9 Å². The average Bonchev–Trinajstić information content (AvgIpc) is 2.52. The van der Waals surface area contributed by atoms with Crippen molar-refractivity contribution < 1.29 is 20.1 Å². The number of phenols is 3. The molecule has 124 valence electrons. The number of guanidine groups is 1. The van der Waals surface area contributed by atoms with E-state index in [4.69, 9.17) is 11.5 Å². The molecular formula is C17H17N3O4. The van der Waals surface area contributed by atoms with Gasteiger partial charge >= 0.3 is 0 Å². The molecular weight excluding hydrogens is 310 g/mol. The summed E-state index contributed by atoms with van der Waals surface area (Å²) in [6.07, 6.45) is 1.59. The van der Waals surface area contributed by atoms with Crippen molar-refractivity contribution in [3.8, 4) is 28.4 Å². The lowest BCUT2D eigenvalue weighted by Gasteiger charge is -2.09. The summed E-state index contributed by atoms with van der Waals surface area (Å²) < 4.78 is 0. The molecule has 2 aromatic carbocycles. The van der Waals surface area contributed by atoms with Gasteiger partial charge in [-0.3, -0.25) is 4.79 Å². The standard InChI is InChI=1S/C17H17N3O4/c1-9(16(24)20-17(18)19)6-10-4-2-3-5-12(10)11-7-13(21)15(23)14(22)8-11/h2-8,21-23H,1H3,(H4,18,19,20,24). The Morgan fingerprint density at radius 2 is 1.67 bits per heavy atom. The van der Waals surface area contributed by atoms with E-state index in [0.717, 1.165) is 0 Å². The maximum absolute atomic E-state index is 11.8. The van der Waals surface area contributed by atoms with Crippen LogP contribution >= 0.6 is 0 Å². The monoisotopic (exact) mass is 327 g/mol. The van der Waals surface area contributed by atoms with Gasteiger partial charge in [0.15, 0.2) is 23.2 Å². The number of aromatic hydroxyl groups is 3. The number of carbonyl (C=O) groups is 1. The predicted octanol–water partition coefficient (Wildman–Crippen LogP) is 1.67. The van der Waals surface area contributed by atoms with Gasteiger partial charge in [0, 0.05) is 5.57 Å². The first kappa shape index (κ1) is 16.9. The number of nitrogens with two attached hydrogens (primary N) is 2. The Hall–Kier alpha value is -3.48. The summed E-state index contributed by atoms with van der Waals surface area (Å²) in [5.74, 6) is -2.38. The maximum Gasteiger partial charge on any atom is 0.275 e. The number of hydrogen-bond donors (Lipinski definition) is 5. The Labute approximate surface area is 138 Å². The number of carbonyl (C=O) groups excluding carboxylic acids is 1. The molecule has 0 aliphatic rings. The quantitative estimate of drug-likeness (QED) is 0.251. The van der Waals surface area contributed by atoms with Gasteiger partial charge in [-0.05, 0) is 41.8 Å². The van der Waals surface area contributed by atoms with Crippen LogP contribution in [0.1, 0.15) is 12.5 Å². The largest absolute Gasteiger partial charge is 0.504 e. The van der Waals surface area contributed by atoms with Crippen LogP contribution < -0.4 is 11.5 Å². The summed E-state index contributed by atoms with van der Waals surface area (Å²) in [6, 6.07) is 9.66. The summed E-state index contributed by atoms with van der Waals surface area (Å²) in [5.41, 5.74) is 12.5. The molecule has 0 fully saturated rings. The molecule has 0 bridgehead atoms. The first-order valence-corrected chi connectivity index (χ1v) is 6.96. The van der Waals surface area contributed by atoms with E-state index < -0.39 is 23.2 Å². The number of benzene rings is 2. The molecule has 2 aromatic rings. The summed E-state index contributed by atoms with van der Waals surface area (Å²) in [7, 11) is 0. The fourth-order valence-corrected chi connectivity index (χ4v) is 2.15. The molecule has 0 spiro atoms. The normalized spacial score (nSPS) is 11.1. The van der Waals surface area contributed by atoms with Crippen LogP contribution in [-0.4, -0.2) is 27.2 Å². The van der Waals surface area contributed by atoms with Crippen LogP contribution in [0.15, 0.2) is 47.0 Å². The molecule has 1 amide bonds. The molecule has 7 heteroatoms. The first-order chi connectivity index (χ1) is 11.3. The lowest BCUT2D eigenvalue weighted by atomic mass is 9.97. The highest BCUT2D eigenvalue weighted by molar-refractivity contribution is 6.04. The fraction of sp³-hybridized carbons (Fsp3) is 0.0588. The molecule has 0 heterocycles. The third kappa shape index (κ3) is 3.64. The summed E-state index contributed by atoms with van der Waals surface area (Å²) in [4.78, 5) is 15.3. The first-order valence-electron chi connectivity index (χ1n) is 6.96. The van der Waals surface area contributed by atoms with Crippen molar-refractivity contribution in [2.24, 2.45) is 16.5 Å². The molecule has 0 radical (unpaired) electrons. The number of hydrogen-bond acceptors (Lipinski definition) is 4. The molecule has 0 aliphatic carbocycles. The minimum Gasteiger partial charge on any atom is -0.504 e. The third-order valence-electron chi connectivity index (χ3n) is 3.28. The highest BCUT2D eigenvalue weighted by atomic mass is 16.3. The molecule has 0 aliphatic heterocycles. The van der Waals surface area contributed by atoms with Crippen LogP contribution in [0.3, 0.4) is 0 Å². The second-order valence-corrected chi connectivity index (χ2v) is 5.12. The van der Waals surface area contributed by atoms with E-state index in [1.165, 1.54) is 12.1 Å². The zero-order valence-electron chi connectivity index (χ0n) is 12.9. The van der Waals surface area contributed by atoms with Gasteiger partial charge in [0.2, 0.25) is 0 Å². The van der Waals surface area contributed by atoms with Gasteiger partial charge in [0.25, 0.3) is 5.91 Å². The molecule has 7 N–H and O–H groups in total. The second-order valence-electron chi connectivity index (χ2n) is 5.12. The van der Waals surface area contributed by atoms with Crippen LogP contribution in [0, 0.1) is 0 Å². The Bertz CT molecular complexity index is 830. The summed E-state index contributed by atoms with van der Waals surface area (Å²) >= 11 is 0. The number of amides is 1. The van der Waals surface area contributed by atoms with E-state index in [1.54, 1.807) is 37.3 Å². The summed E-state index contributed by atoms with van der Waals surface area (Å²) in [5, 5.41) is 28.8. The Morgan fingerprint density at radius 1 is 1.08 bits per heavy atom. The van der Waals surface area contributed by atoms with E-state index >= 15 is 0 Å². The SMILES string of the molecule is CC(=Cc1ccccc1-c1cc(O)c(O)c(O)c1)C(=O)N=C(N)N. The molecule has 2 rings (SSSR count). The molecule has 0 unspecified atom stereocenters. The zero-order valence-corrected chi connectivity index (χ0v) is 12.9. The molecule has 0 saturated carbocycles. The Kier molecular flexibility index (Phi) is 4.74. The molecule has 24 heavy (non-hydrogen) atoms. The molecule has 0 saturated heterocycles. The second kappa shape index (κ2) is 6.74. The van der Waals surface area contributed by atoms with Gasteiger partial charge in [-0.15, -0.1) is 0 Å². The van der Waals surface area contributed by atoms with Crippen molar-refractivity contribution in [1.82, 2.24) is 0 Å². The van der Waals surface area contributed by atoms with Crippen molar-refractivity contribution in [3.63, 3.8) is 0 Å². The maximum atomic E-state index is 11.8. The minimum atomic E-state index is -0.592. The number of aliphatic imine (C=N–C) groups is 1. The minimum absolute atomic E-state index is 0.308. The molecule has 0 aromatic heterocycles. The smallest absolute Gasteiger partial charge is 0.275 e. The van der Waals surface area contributed by atoms with E-state index in [9.17, 15) is 20.1 Å². The van der Waals surface area contributed by atoms with Crippen molar-refractivity contribution in [1.29, 1.82) is 0 Å². The Balaban J connectivity index is 2.53. The highest BCUT2D eigenvalue weighted by Crippen LogP contribution is 2.39. The van der Waals surface area contributed by atoms with Crippen LogP contribution in [0.5, 0.6) is 17.2 Å². The highest BCUT2D eigenvalue weighted by Gasteiger charge is 2.12. The van der Waals surface area contributed by atoms with Gasteiger partial charge in [-0.2, -0.15) is 4.99 Å². The molecule has 7 nitrogen and oxygen atoms in total. The molecule has 0 atom stereocenters. The van der Waals surface area contributed by atoms with Crippen molar-refractivity contribution in [3.05, 3.63) is 47.5 Å². The lowest BCUT2D eigenvalue weighted by Crippen LogP contribution is -2.24. The van der Waals surface area contributed by atoms with E-state index in [2.05, 4.69) is 4.99 Å². The average molecular weight is 327 g/mol. The van der Waals surface area contributed by atoms with Gasteiger partial charge in [-0.25, -0.2) is 0 Å². The van der Waals surface area contributed by atoms with Crippen LogP contribution in [0.2, 0.25) is 0 Å². The summed E-state index contributed by atoms with van der Waals surface area (Å²) in [6.45, 7) is 1.57. The van der Waals surface area contributed by atoms with Crippen LogP contribution in [0.25, 0.3) is 17.2 Å². The number of phenolic OH excluding ortho intramolecular Hbond substituents is 3. The van der Waals surface area contributed by atoms with Gasteiger partial charge < -0.3 is 26.8 Å². The number of rotatable bonds is 3. The van der Waals surface area contributed by atoms with Gasteiger partial charge in [0.05, 0.1) is 0 Å². The van der Waals surface area contributed by atoms with Crippen molar-refractivity contribution in [2.45, 2.75) is 6.92 Å². The van der Waals surface area contributed by atoms with E-state index in [-0.39, 0.29) is 5.96 Å². The van der Waals surface area contributed by atoms with Gasteiger partial charge in [0.1, 0.15) is 0 Å². The Morgan fingerprint density at radius 3 is 2.25 bits per heavy atom. The van der Waals surface area contributed by atoms with Crippen LogP contribution in [0.4, 0.5) is 0 Å². The van der Waals surface area contributed by atoms with Crippen molar-refractivity contribution in [2.75, 3.05) is 0 Å². The van der Waals surface area contributed by atoms with E-state index in [0.29, 0.717) is 22.3 Å². The predicted molar refractivity (Wildman–Crippen MR) is 91.3 cm³/mol. The topological polar surface area (TPSA) is 142 Å². The van der Waals surface area contributed by atoms with E-state index in [1.807, 2.05) is 0 Å². The number of nitrogens with zero attached hydrogens (tertiary/aromatic N) is 1. The van der Waals surface area contributed by atoms with Gasteiger partial charge in [-0.1, -0.05) is 24.3 Å². The third-order valence-corrected chi connectivity index (χ3v) is 3.28. The fourth-order valence-electron chi connectivity index (χ4n) is 2.15.